The first-order valence-corrected chi connectivity index (χ1v) is 17.5. The van der Waals surface area contributed by atoms with E-state index in [2.05, 4.69) is 89.5 Å². The molecule has 1 aliphatic carbocycles. The molecule has 0 saturated heterocycles. The van der Waals surface area contributed by atoms with Crippen LogP contribution in [0.3, 0.4) is 0 Å². The van der Waals surface area contributed by atoms with Crippen molar-refractivity contribution in [1.29, 1.82) is 0 Å². The van der Waals surface area contributed by atoms with E-state index in [1.165, 1.54) is 40.7 Å². The van der Waals surface area contributed by atoms with Gasteiger partial charge in [0, 0.05) is 0 Å². The highest BCUT2D eigenvalue weighted by molar-refractivity contribution is 6.91. The monoisotopic (exact) mass is 392 g/mol. The van der Waals surface area contributed by atoms with Crippen molar-refractivity contribution in [1.82, 2.24) is 0 Å². The molecule has 2 heteroatoms. The van der Waals surface area contributed by atoms with Crippen molar-refractivity contribution in [3.63, 3.8) is 0 Å². The SMILES string of the molecule is CCCC1=Cc2c(ccc(C)c2-c2cc([Si](C)(C)C)cc([Si](C)(C)C)c2)C1. The molecule has 2 aromatic rings. The van der Waals surface area contributed by atoms with Crippen molar-refractivity contribution in [3.05, 3.63) is 52.6 Å². The molecule has 0 N–H and O–H groups in total. The molecule has 0 heterocycles. The van der Waals surface area contributed by atoms with Crippen LogP contribution in [-0.4, -0.2) is 16.1 Å². The van der Waals surface area contributed by atoms with Gasteiger partial charge in [-0.05, 0) is 47.6 Å². The zero-order chi connectivity index (χ0) is 20.0. The van der Waals surface area contributed by atoms with E-state index in [0.717, 1.165) is 6.42 Å². The molecule has 2 aromatic carbocycles. The van der Waals surface area contributed by atoms with E-state index < -0.39 is 16.1 Å². The van der Waals surface area contributed by atoms with E-state index in [1.54, 1.807) is 15.9 Å². The van der Waals surface area contributed by atoms with Gasteiger partial charge in [0.2, 0.25) is 0 Å². The normalized spacial score (nSPS) is 14.3. The molecule has 0 radical (unpaired) electrons. The lowest BCUT2D eigenvalue weighted by molar-refractivity contribution is 0.886. The van der Waals surface area contributed by atoms with Crippen molar-refractivity contribution in [2.45, 2.75) is 72.4 Å². The van der Waals surface area contributed by atoms with E-state index in [4.69, 9.17) is 0 Å². The topological polar surface area (TPSA) is 0 Å². The Morgan fingerprint density at radius 1 is 0.852 bits per heavy atom. The van der Waals surface area contributed by atoms with E-state index in [-0.39, 0.29) is 0 Å². The van der Waals surface area contributed by atoms with Gasteiger partial charge in [-0.15, -0.1) is 0 Å². The fraction of sp³-hybridized carbons (Fsp3) is 0.440. The van der Waals surface area contributed by atoms with Crippen LogP contribution in [0.4, 0.5) is 0 Å². The van der Waals surface area contributed by atoms with Crippen LogP contribution in [0.1, 0.15) is 36.5 Å². The third kappa shape index (κ3) is 4.22. The second-order valence-electron chi connectivity index (χ2n) is 10.4. The first-order valence-electron chi connectivity index (χ1n) is 10.5. The van der Waals surface area contributed by atoms with Crippen molar-refractivity contribution in [2.24, 2.45) is 0 Å². The Morgan fingerprint density at radius 3 is 1.96 bits per heavy atom. The first kappa shape index (κ1) is 20.4. The minimum Gasteiger partial charge on any atom is -0.0656 e. The lowest BCUT2D eigenvalue weighted by atomic mass is 9.93. The number of allylic oxidation sites excluding steroid dienone is 1. The molecular formula is C25H36Si2. The number of fused-ring (bicyclic) bond motifs is 1. The standard InChI is InChI=1S/C25H36Si2/c1-9-10-19-13-20-12-11-18(2)25(24(20)14-19)21-15-22(26(3,4)5)17-23(16-21)27(6,7)8/h11-12,14-17H,9-10,13H2,1-8H3. The van der Waals surface area contributed by atoms with Gasteiger partial charge in [-0.2, -0.15) is 0 Å². The number of aryl methyl sites for hydroxylation is 1. The summed E-state index contributed by atoms with van der Waals surface area (Å²) in [5, 5.41) is 3.20. The molecule has 0 amide bonds. The molecule has 0 nitrogen and oxygen atoms in total. The van der Waals surface area contributed by atoms with Crippen molar-refractivity contribution in [3.8, 4) is 11.1 Å². The Labute approximate surface area is 168 Å². The number of hydrogen-bond donors (Lipinski definition) is 0. The summed E-state index contributed by atoms with van der Waals surface area (Å²) in [5.41, 5.74) is 8.97. The summed E-state index contributed by atoms with van der Waals surface area (Å²) >= 11 is 0. The largest absolute Gasteiger partial charge is 0.0776 e. The molecule has 0 spiro atoms. The second-order valence-corrected chi connectivity index (χ2v) is 20.5. The predicted octanol–water partition coefficient (Wildman–Crippen LogP) is 6.49. The van der Waals surface area contributed by atoms with Gasteiger partial charge in [0.25, 0.3) is 0 Å². The molecule has 27 heavy (non-hydrogen) atoms. The predicted molar refractivity (Wildman–Crippen MR) is 129 cm³/mol. The van der Waals surface area contributed by atoms with E-state index in [1.807, 2.05) is 0 Å². The van der Waals surface area contributed by atoms with Crippen LogP contribution in [0.5, 0.6) is 0 Å². The Balaban J connectivity index is 2.25. The number of benzene rings is 2. The zero-order valence-corrected chi connectivity index (χ0v) is 20.6. The van der Waals surface area contributed by atoms with Gasteiger partial charge >= 0.3 is 0 Å². The Hall–Kier alpha value is -1.39. The molecule has 3 rings (SSSR count). The van der Waals surface area contributed by atoms with Crippen molar-refractivity contribution < 1.29 is 0 Å². The smallest absolute Gasteiger partial charge is 0.0656 e. The Bertz CT molecular complexity index is 858. The lowest BCUT2D eigenvalue weighted by Crippen LogP contribution is -2.45. The zero-order valence-electron chi connectivity index (χ0n) is 18.6. The molecular weight excluding hydrogens is 356 g/mol. The average molecular weight is 393 g/mol. The highest BCUT2D eigenvalue weighted by Crippen LogP contribution is 2.37. The fourth-order valence-electron chi connectivity index (χ4n) is 4.09. The third-order valence-corrected chi connectivity index (χ3v) is 9.88. The molecule has 0 aliphatic heterocycles. The minimum atomic E-state index is -1.37. The quantitative estimate of drug-likeness (QED) is 0.510. The van der Waals surface area contributed by atoms with E-state index in [9.17, 15) is 0 Å². The van der Waals surface area contributed by atoms with Crippen LogP contribution < -0.4 is 10.4 Å². The van der Waals surface area contributed by atoms with Gasteiger partial charge in [0.1, 0.15) is 0 Å². The highest BCUT2D eigenvalue weighted by Gasteiger charge is 2.25. The fourth-order valence-corrected chi connectivity index (χ4v) is 6.59. The Kier molecular flexibility index (Phi) is 5.44. The average Bonchev–Trinajstić information content (AvgIpc) is 2.95. The maximum atomic E-state index is 2.54. The summed E-state index contributed by atoms with van der Waals surface area (Å²) in [7, 11) is -2.74. The number of hydrogen-bond acceptors (Lipinski definition) is 0. The minimum absolute atomic E-state index is 1.14. The molecule has 0 saturated carbocycles. The maximum absolute atomic E-state index is 2.54. The molecule has 0 atom stereocenters. The maximum Gasteiger partial charge on any atom is 0.0776 e. The molecule has 0 aromatic heterocycles. The van der Waals surface area contributed by atoms with Crippen LogP contribution in [-0.2, 0) is 6.42 Å². The van der Waals surface area contributed by atoms with E-state index >= 15 is 0 Å². The van der Waals surface area contributed by atoms with Gasteiger partial charge < -0.3 is 0 Å². The van der Waals surface area contributed by atoms with Crippen LogP contribution in [0.15, 0.2) is 35.9 Å². The summed E-state index contributed by atoms with van der Waals surface area (Å²) in [6.45, 7) is 19.4. The van der Waals surface area contributed by atoms with Gasteiger partial charge in [-0.25, -0.2) is 0 Å². The van der Waals surface area contributed by atoms with E-state index in [0.29, 0.717) is 0 Å². The van der Waals surface area contributed by atoms with Gasteiger partial charge in [-0.3, -0.25) is 0 Å². The molecule has 0 fully saturated rings. The summed E-state index contributed by atoms with van der Waals surface area (Å²) in [4.78, 5) is 0. The third-order valence-electron chi connectivity index (χ3n) is 5.83. The van der Waals surface area contributed by atoms with Crippen LogP contribution in [0, 0.1) is 6.92 Å². The van der Waals surface area contributed by atoms with Gasteiger partial charge in [0.15, 0.2) is 0 Å². The summed E-state index contributed by atoms with van der Waals surface area (Å²) in [6.07, 6.45) is 6.10. The molecule has 144 valence electrons. The van der Waals surface area contributed by atoms with Crippen molar-refractivity contribution in [2.75, 3.05) is 0 Å². The van der Waals surface area contributed by atoms with Gasteiger partial charge in [0.05, 0.1) is 16.1 Å². The highest BCUT2D eigenvalue weighted by atomic mass is 28.3. The molecule has 1 aliphatic rings. The molecule has 0 unspecified atom stereocenters. The summed E-state index contributed by atoms with van der Waals surface area (Å²) in [6, 6.07) is 12.3. The van der Waals surface area contributed by atoms with Crippen LogP contribution in [0.25, 0.3) is 17.2 Å². The molecule has 0 bridgehead atoms. The van der Waals surface area contributed by atoms with Crippen LogP contribution in [0.2, 0.25) is 39.3 Å². The first-order chi connectivity index (χ1) is 12.5. The lowest BCUT2D eigenvalue weighted by Gasteiger charge is -2.25. The van der Waals surface area contributed by atoms with Crippen LogP contribution >= 0.6 is 0 Å². The number of rotatable bonds is 5. The van der Waals surface area contributed by atoms with Crippen molar-refractivity contribution >= 4 is 32.6 Å². The Morgan fingerprint density at radius 2 is 1.44 bits per heavy atom. The van der Waals surface area contributed by atoms with Gasteiger partial charge in [-0.1, -0.05) is 105 Å². The second kappa shape index (κ2) is 7.22. The summed E-state index contributed by atoms with van der Waals surface area (Å²) < 4.78 is 0. The summed E-state index contributed by atoms with van der Waals surface area (Å²) in [5.74, 6) is 0.